The maximum absolute atomic E-state index is 11.2. The highest BCUT2D eigenvalue weighted by atomic mass is 16.4. The molecule has 4 N–H and O–H groups in total. The van der Waals surface area contributed by atoms with Crippen LogP contribution in [0.15, 0.2) is 12.4 Å². The van der Waals surface area contributed by atoms with Crippen molar-refractivity contribution in [1.82, 2.24) is 20.4 Å². The van der Waals surface area contributed by atoms with E-state index in [1.807, 2.05) is 6.20 Å². The predicted octanol–water partition coefficient (Wildman–Crippen LogP) is -1.29. The Hall–Kier alpha value is -2.09. The molecule has 0 radical (unpaired) electrons. The number of aliphatic carboxylic acids is 1. The molecule has 0 fully saturated rings. The molecular formula is C10H16N4O4. The first kappa shape index (κ1) is 14.0. The number of nitrogens with zero attached hydrogens (tertiary/aromatic N) is 2. The van der Waals surface area contributed by atoms with Crippen LogP contribution < -0.4 is 10.6 Å². The summed E-state index contributed by atoms with van der Waals surface area (Å²) in [5.74, 6) is -1.37. The average Bonchev–Trinajstić information content (AvgIpc) is 2.71. The van der Waals surface area contributed by atoms with Crippen LogP contribution in [0.4, 0.5) is 4.79 Å². The fourth-order valence-electron chi connectivity index (χ4n) is 1.26. The van der Waals surface area contributed by atoms with Crippen LogP contribution in [0.2, 0.25) is 0 Å². The molecule has 0 aliphatic rings. The van der Waals surface area contributed by atoms with E-state index in [1.165, 1.54) is 0 Å². The van der Waals surface area contributed by atoms with Crippen LogP contribution >= 0.6 is 0 Å². The van der Waals surface area contributed by atoms with Gasteiger partial charge in [-0.15, -0.1) is 0 Å². The van der Waals surface area contributed by atoms with Gasteiger partial charge >= 0.3 is 12.0 Å². The van der Waals surface area contributed by atoms with Crippen molar-refractivity contribution >= 4 is 12.0 Å². The largest absolute Gasteiger partial charge is 0.479 e. The third kappa shape index (κ3) is 4.83. The standard InChI is InChI=1S/C10H16N4O4/c1-14-6-7(4-13-14)2-3-11-10(18)12-5-8(15)9(16)17/h4,6,8,15H,2-3,5H2,1H3,(H,16,17)(H2,11,12,18). The van der Waals surface area contributed by atoms with Crippen molar-refractivity contribution in [1.29, 1.82) is 0 Å². The molecule has 0 bridgehead atoms. The Morgan fingerprint density at radius 2 is 2.22 bits per heavy atom. The lowest BCUT2D eigenvalue weighted by Gasteiger charge is -2.08. The summed E-state index contributed by atoms with van der Waals surface area (Å²) in [4.78, 5) is 21.5. The summed E-state index contributed by atoms with van der Waals surface area (Å²) in [6, 6.07) is -0.515. The predicted molar refractivity (Wildman–Crippen MR) is 62.0 cm³/mol. The summed E-state index contributed by atoms with van der Waals surface area (Å²) in [5, 5.41) is 26.1. The first-order valence-corrected chi connectivity index (χ1v) is 5.39. The first-order chi connectivity index (χ1) is 8.49. The molecule has 8 nitrogen and oxygen atoms in total. The molecule has 100 valence electrons. The van der Waals surface area contributed by atoms with Crippen LogP contribution in [0.25, 0.3) is 0 Å². The van der Waals surface area contributed by atoms with Crippen LogP contribution in [-0.4, -0.2) is 51.2 Å². The Kier molecular flexibility index (Phi) is 5.12. The molecule has 0 aliphatic heterocycles. The number of nitrogens with one attached hydrogen (secondary N) is 2. The lowest BCUT2D eigenvalue weighted by molar-refractivity contribution is -0.146. The van der Waals surface area contributed by atoms with Gasteiger partial charge < -0.3 is 20.8 Å². The van der Waals surface area contributed by atoms with E-state index in [9.17, 15) is 9.59 Å². The Labute approximate surface area is 104 Å². The molecule has 0 saturated carbocycles. The Bertz CT molecular complexity index is 418. The van der Waals surface area contributed by atoms with Crippen molar-refractivity contribution in [3.05, 3.63) is 18.0 Å². The quantitative estimate of drug-likeness (QED) is 0.505. The minimum atomic E-state index is -1.59. The van der Waals surface area contributed by atoms with E-state index in [4.69, 9.17) is 10.2 Å². The number of aromatic nitrogens is 2. The summed E-state index contributed by atoms with van der Waals surface area (Å²) in [6.45, 7) is 0.0781. The number of amides is 2. The molecule has 0 aromatic carbocycles. The second-order valence-corrected chi connectivity index (χ2v) is 3.76. The van der Waals surface area contributed by atoms with E-state index in [-0.39, 0.29) is 6.54 Å². The Morgan fingerprint density at radius 1 is 1.50 bits per heavy atom. The van der Waals surface area contributed by atoms with Gasteiger partial charge in [-0.3, -0.25) is 4.68 Å². The summed E-state index contributed by atoms with van der Waals surface area (Å²) in [7, 11) is 1.80. The molecule has 2 amide bonds. The molecule has 1 heterocycles. The van der Waals surface area contributed by atoms with E-state index in [1.54, 1.807) is 17.9 Å². The van der Waals surface area contributed by atoms with E-state index < -0.39 is 18.1 Å². The van der Waals surface area contributed by atoms with Gasteiger partial charge in [-0.05, 0) is 12.0 Å². The van der Waals surface area contributed by atoms with Gasteiger partial charge in [0.05, 0.1) is 12.7 Å². The average molecular weight is 256 g/mol. The smallest absolute Gasteiger partial charge is 0.334 e. The number of carbonyl (C=O) groups is 2. The Morgan fingerprint density at radius 3 is 2.78 bits per heavy atom. The highest BCUT2D eigenvalue weighted by Crippen LogP contribution is 1.95. The third-order valence-electron chi connectivity index (χ3n) is 2.20. The van der Waals surface area contributed by atoms with Crippen LogP contribution in [0.3, 0.4) is 0 Å². The molecule has 0 saturated heterocycles. The number of aryl methyl sites for hydroxylation is 1. The maximum atomic E-state index is 11.2. The van der Waals surface area contributed by atoms with Crippen molar-refractivity contribution in [2.45, 2.75) is 12.5 Å². The zero-order chi connectivity index (χ0) is 13.5. The third-order valence-corrected chi connectivity index (χ3v) is 2.20. The van der Waals surface area contributed by atoms with Gasteiger partial charge in [-0.1, -0.05) is 0 Å². The SMILES string of the molecule is Cn1cc(CCNC(=O)NCC(O)C(=O)O)cn1. The number of carboxylic acid groups (broad SMARTS) is 1. The lowest BCUT2D eigenvalue weighted by atomic mass is 10.2. The van der Waals surface area contributed by atoms with Crippen LogP contribution in [-0.2, 0) is 18.3 Å². The number of hydrogen-bond donors (Lipinski definition) is 4. The molecule has 8 heteroatoms. The van der Waals surface area contributed by atoms with Gasteiger partial charge in [-0.2, -0.15) is 5.10 Å². The highest BCUT2D eigenvalue weighted by Gasteiger charge is 2.13. The minimum absolute atomic E-state index is 0.325. The van der Waals surface area contributed by atoms with E-state index in [0.29, 0.717) is 13.0 Å². The second kappa shape index (κ2) is 6.60. The van der Waals surface area contributed by atoms with Crippen molar-refractivity contribution in [2.24, 2.45) is 7.05 Å². The molecule has 1 atom stereocenters. The topological polar surface area (TPSA) is 116 Å². The number of aliphatic hydroxyl groups is 1. The van der Waals surface area contributed by atoms with Gasteiger partial charge in [0.25, 0.3) is 0 Å². The number of carboxylic acids is 1. The number of carbonyl (C=O) groups excluding carboxylic acids is 1. The van der Waals surface area contributed by atoms with E-state index in [2.05, 4.69) is 15.7 Å². The lowest BCUT2D eigenvalue weighted by Crippen LogP contribution is -2.42. The van der Waals surface area contributed by atoms with Crippen molar-refractivity contribution in [2.75, 3.05) is 13.1 Å². The van der Waals surface area contributed by atoms with Gasteiger partial charge in [0, 0.05) is 19.8 Å². The van der Waals surface area contributed by atoms with E-state index in [0.717, 1.165) is 5.56 Å². The Balaban J connectivity index is 2.15. The number of rotatable bonds is 6. The fraction of sp³-hybridized carbons (Fsp3) is 0.500. The summed E-state index contributed by atoms with van der Waals surface area (Å²) in [5.41, 5.74) is 0.989. The molecule has 0 aliphatic carbocycles. The van der Waals surface area contributed by atoms with Gasteiger partial charge in [-0.25, -0.2) is 9.59 Å². The molecule has 1 rings (SSSR count). The minimum Gasteiger partial charge on any atom is -0.479 e. The fourth-order valence-corrected chi connectivity index (χ4v) is 1.26. The number of aliphatic hydroxyl groups excluding tert-OH is 1. The summed E-state index contributed by atoms with van der Waals surface area (Å²) >= 11 is 0. The van der Waals surface area contributed by atoms with Crippen LogP contribution in [0, 0.1) is 0 Å². The maximum Gasteiger partial charge on any atom is 0.334 e. The van der Waals surface area contributed by atoms with Crippen LogP contribution in [0.5, 0.6) is 0 Å². The monoisotopic (exact) mass is 256 g/mol. The normalized spacial score (nSPS) is 11.9. The summed E-state index contributed by atoms with van der Waals surface area (Å²) < 4.78 is 1.67. The number of urea groups is 1. The highest BCUT2D eigenvalue weighted by molar-refractivity contribution is 5.76. The van der Waals surface area contributed by atoms with Gasteiger partial charge in [0.1, 0.15) is 0 Å². The molecule has 0 spiro atoms. The zero-order valence-electron chi connectivity index (χ0n) is 9.96. The molecule has 1 aromatic heterocycles. The molecule has 1 unspecified atom stereocenters. The molecule has 18 heavy (non-hydrogen) atoms. The van der Waals surface area contributed by atoms with E-state index >= 15 is 0 Å². The first-order valence-electron chi connectivity index (χ1n) is 5.39. The van der Waals surface area contributed by atoms with Gasteiger partial charge in [0.2, 0.25) is 0 Å². The second-order valence-electron chi connectivity index (χ2n) is 3.76. The molecule has 1 aromatic rings. The van der Waals surface area contributed by atoms with Gasteiger partial charge in [0.15, 0.2) is 6.10 Å². The number of hydrogen-bond acceptors (Lipinski definition) is 4. The zero-order valence-corrected chi connectivity index (χ0v) is 9.96. The van der Waals surface area contributed by atoms with Crippen molar-refractivity contribution < 1.29 is 19.8 Å². The van der Waals surface area contributed by atoms with Crippen LogP contribution in [0.1, 0.15) is 5.56 Å². The molecular weight excluding hydrogens is 240 g/mol. The van der Waals surface area contributed by atoms with Crippen molar-refractivity contribution in [3.63, 3.8) is 0 Å². The summed E-state index contributed by atoms with van der Waals surface area (Å²) in [6.07, 6.45) is 2.58. The van der Waals surface area contributed by atoms with Crippen molar-refractivity contribution in [3.8, 4) is 0 Å².